The van der Waals surface area contributed by atoms with Crippen LogP contribution >= 0.6 is 0 Å². The highest BCUT2D eigenvalue weighted by Gasteiger charge is 2.45. The van der Waals surface area contributed by atoms with Crippen LogP contribution in [0, 0.1) is 5.92 Å². The zero-order chi connectivity index (χ0) is 18.0. The van der Waals surface area contributed by atoms with E-state index >= 15 is 0 Å². The number of carbonyl (C=O) groups excluding carboxylic acids is 1. The first-order valence-corrected chi connectivity index (χ1v) is 11.2. The van der Waals surface area contributed by atoms with Gasteiger partial charge < -0.3 is 15.5 Å². The van der Waals surface area contributed by atoms with E-state index in [1.807, 2.05) is 0 Å². The smallest absolute Gasteiger partial charge is 0.238 e. The molecule has 5 heteroatoms. The highest BCUT2D eigenvalue weighted by atomic mass is 16.1. The van der Waals surface area contributed by atoms with Crippen molar-refractivity contribution in [3.8, 4) is 0 Å². The lowest BCUT2D eigenvalue weighted by atomic mass is 9.81. The average Bonchev–Trinajstić information content (AvgIpc) is 2.69. The van der Waals surface area contributed by atoms with Crippen LogP contribution in [0.4, 0.5) is 0 Å². The molecule has 4 heterocycles. The number of rotatable bonds is 4. The van der Waals surface area contributed by atoms with Gasteiger partial charge in [0.15, 0.2) is 0 Å². The first-order valence-electron chi connectivity index (χ1n) is 11.2. The molecule has 0 aromatic carbocycles. The minimum Gasteiger partial charge on any atom is -0.368 e. The van der Waals surface area contributed by atoms with Crippen molar-refractivity contribution in [2.75, 3.05) is 45.8 Å². The van der Waals surface area contributed by atoms with Gasteiger partial charge in [0.05, 0.1) is 0 Å². The summed E-state index contributed by atoms with van der Waals surface area (Å²) < 4.78 is 0. The molecule has 0 aliphatic carbocycles. The van der Waals surface area contributed by atoms with Gasteiger partial charge in [0, 0.05) is 25.7 Å². The summed E-state index contributed by atoms with van der Waals surface area (Å²) >= 11 is 0. The maximum atomic E-state index is 12.4. The minimum atomic E-state index is -0.361. The summed E-state index contributed by atoms with van der Waals surface area (Å²) in [5, 5.41) is 0. The van der Waals surface area contributed by atoms with E-state index in [1.165, 1.54) is 71.0 Å². The van der Waals surface area contributed by atoms with Crippen molar-refractivity contribution < 1.29 is 4.79 Å². The molecule has 0 unspecified atom stereocenters. The van der Waals surface area contributed by atoms with Crippen LogP contribution in [-0.2, 0) is 4.79 Å². The molecule has 4 saturated heterocycles. The van der Waals surface area contributed by atoms with Gasteiger partial charge in [-0.15, -0.1) is 0 Å². The Balaban J connectivity index is 1.35. The van der Waals surface area contributed by atoms with Crippen LogP contribution in [0.25, 0.3) is 0 Å². The first-order chi connectivity index (χ1) is 12.7. The number of nitrogens with two attached hydrogens (primary N) is 1. The van der Waals surface area contributed by atoms with Crippen molar-refractivity contribution in [1.29, 1.82) is 0 Å². The fourth-order valence-corrected chi connectivity index (χ4v) is 6.27. The Bertz CT molecular complexity index is 480. The Hall–Kier alpha value is -0.650. The average molecular weight is 363 g/mol. The van der Waals surface area contributed by atoms with Crippen molar-refractivity contribution in [3.63, 3.8) is 0 Å². The fourth-order valence-electron chi connectivity index (χ4n) is 6.27. The molecule has 2 atom stereocenters. The lowest BCUT2D eigenvalue weighted by Crippen LogP contribution is -2.63. The molecule has 4 aliphatic heterocycles. The van der Waals surface area contributed by atoms with E-state index < -0.39 is 0 Å². The molecule has 1 amide bonds. The molecule has 0 saturated carbocycles. The van der Waals surface area contributed by atoms with Crippen molar-refractivity contribution in [2.24, 2.45) is 11.7 Å². The van der Waals surface area contributed by atoms with Crippen molar-refractivity contribution in [1.82, 2.24) is 14.7 Å². The molecule has 5 nitrogen and oxygen atoms in total. The molecule has 148 valence electrons. The number of hydrogen-bond acceptors (Lipinski definition) is 4. The van der Waals surface area contributed by atoms with Crippen LogP contribution in [0.15, 0.2) is 0 Å². The molecule has 0 spiro atoms. The Morgan fingerprint density at radius 1 is 0.846 bits per heavy atom. The predicted octanol–water partition coefficient (Wildman–Crippen LogP) is 2.06. The predicted molar refractivity (Wildman–Crippen MR) is 105 cm³/mol. The highest BCUT2D eigenvalue weighted by Crippen LogP contribution is 2.35. The monoisotopic (exact) mass is 362 g/mol. The largest absolute Gasteiger partial charge is 0.368 e. The van der Waals surface area contributed by atoms with Gasteiger partial charge in [-0.2, -0.15) is 0 Å². The standard InChI is InChI=1S/C21H38N4O/c22-20(26)21(25-13-3-1-4-14-25)9-15-23(16-10-21)17-18-7-6-12-24-11-5-2-8-19(18)24/h18-19H,1-17H2,(H2,22,26)/t18-,19+/m0/s1. The third-order valence-corrected chi connectivity index (χ3v) is 7.82. The quantitative estimate of drug-likeness (QED) is 0.832. The number of primary amides is 1. The summed E-state index contributed by atoms with van der Waals surface area (Å²) in [5.41, 5.74) is 5.58. The normalized spacial score (nSPS) is 34.3. The van der Waals surface area contributed by atoms with E-state index in [0.29, 0.717) is 0 Å². The molecule has 2 N–H and O–H groups in total. The number of fused-ring (bicyclic) bond motifs is 1. The van der Waals surface area contributed by atoms with Crippen LogP contribution in [0.5, 0.6) is 0 Å². The van der Waals surface area contributed by atoms with Gasteiger partial charge in [0.25, 0.3) is 0 Å². The fraction of sp³-hybridized carbons (Fsp3) is 0.952. The summed E-state index contributed by atoms with van der Waals surface area (Å²) in [6.07, 6.45) is 12.6. The summed E-state index contributed by atoms with van der Waals surface area (Å²) in [5.74, 6) is 0.760. The van der Waals surface area contributed by atoms with E-state index in [9.17, 15) is 4.79 Å². The van der Waals surface area contributed by atoms with Crippen LogP contribution in [0.3, 0.4) is 0 Å². The second-order valence-corrected chi connectivity index (χ2v) is 9.25. The van der Waals surface area contributed by atoms with E-state index in [0.717, 1.165) is 51.0 Å². The van der Waals surface area contributed by atoms with Gasteiger partial charge in [0.1, 0.15) is 5.54 Å². The molecular weight excluding hydrogens is 324 g/mol. The van der Waals surface area contributed by atoms with E-state index in [4.69, 9.17) is 5.73 Å². The Labute approximate surface area is 159 Å². The van der Waals surface area contributed by atoms with Crippen LogP contribution in [0.2, 0.25) is 0 Å². The second-order valence-electron chi connectivity index (χ2n) is 9.25. The number of hydrogen-bond donors (Lipinski definition) is 1. The van der Waals surface area contributed by atoms with Crippen LogP contribution < -0.4 is 5.73 Å². The Kier molecular flexibility index (Phi) is 5.87. The third-order valence-electron chi connectivity index (χ3n) is 7.82. The van der Waals surface area contributed by atoms with E-state index in [1.54, 1.807) is 0 Å². The van der Waals surface area contributed by atoms with Gasteiger partial charge >= 0.3 is 0 Å². The Morgan fingerprint density at radius 2 is 1.54 bits per heavy atom. The lowest BCUT2D eigenvalue weighted by molar-refractivity contribution is -0.135. The summed E-state index contributed by atoms with van der Waals surface area (Å²) in [7, 11) is 0. The van der Waals surface area contributed by atoms with Gasteiger partial charge in [0.2, 0.25) is 5.91 Å². The van der Waals surface area contributed by atoms with Crippen molar-refractivity contribution in [2.45, 2.75) is 75.8 Å². The van der Waals surface area contributed by atoms with Gasteiger partial charge in [-0.1, -0.05) is 12.8 Å². The number of piperidine rings is 4. The first kappa shape index (κ1) is 18.7. The molecule has 0 aromatic rings. The maximum absolute atomic E-state index is 12.4. The summed E-state index contributed by atoms with van der Waals surface area (Å²) in [6, 6.07) is 0.822. The topological polar surface area (TPSA) is 52.8 Å². The Morgan fingerprint density at radius 3 is 2.27 bits per heavy atom. The molecule has 4 aliphatic rings. The highest BCUT2D eigenvalue weighted by molar-refractivity contribution is 5.84. The summed E-state index contributed by atoms with van der Waals surface area (Å²) in [6.45, 7) is 8.08. The maximum Gasteiger partial charge on any atom is 0.238 e. The molecule has 0 aromatic heterocycles. The number of likely N-dealkylation sites (tertiary alicyclic amines) is 2. The SMILES string of the molecule is NC(=O)C1(N2CCCCC2)CCN(C[C@@H]2CCCN3CCCC[C@H]23)CC1. The molecule has 4 fully saturated rings. The molecule has 4 rings (SSSR count). The number of carbonyl (C=O) groups is 1. The van der Waals surface area contributed by atoms with Gasteiger partial charge in [-0.05, 0) is 83.5 Å². The molecule has 0 bridgehead atoms. The third kappa shape index (κ3) is 3.67. The van der Waals surface area contributed by atoms with Gasteiger partial charge in [-0.3, -0.25) is 9.69 Å². The van der Waals surface area contributed by atoms with Gasteiger partial charge in [-0.25, -0.2) is 0 Å². The van der Waals surface area contributed by atoms with Crippen LogP contribution in [-0.4, -0.2) is 78.0 Å². The van der Waals surface area contributed by atoms with E-state index in [-0.39, 0.29) is 11.4 Å². The zero-order valence-corrected chi connectivity index (χ0v) is 16.5. The van der Waals surface area contributed by atoms with Crippen molar-refractivity contribution >= 4 is 5.91 Å². The second kappa shape index (κ2) is 8.15. The molecule has 0 radical (unpaired) electrons. The lowest BCUT2D eigenvalue weighted by Gasteiger charge is -2.50. The number of nitrogens with zero attached hydrogens (tertiary/aromatic N) is 3. The summed E-state index contributed by atoms with van der Waals surface area (Å²) in [4.78, 5) is 20.3. The number of amides is 1. The van der Waals surface area contributed by atoms with E-state index in [2.05, 4.69) is 14.7 Å². The minimum absolute atomic E-state index is 0.0739. The zero-order valence-electron chi connectivity index (χ0n) is 16.5. The molecule has 26 heavy (non-hydrogen) atoms. The molecular formula is C21H38N4O. The van der Waals surface area contributed by atoms with Crippen LogP contribution in [0.1, 0.15) is 64.2 Å². The van der Waals surface area contributed by atoms with Crippen molar-refractivity contribution in [3.05, 3.63) is 0 Å².